The van der Waals surface area contributed by atoms with E-state index in [4.69, 9.17) is 21.1 Å². The van der Waals surface area contributed by atoms with Crippen LogP contribution in [0, 0.1) is 0 Å². The van der Waals surface area contributed by atoms with E-state index in [9.17, 15) is 9.59 Å². The van der Waals surface area contributed by atoms with Crippen LogP contribution in [0.3, 0.4) is 0 Å². The molecule has 8 nitrogen and oxygen atoms in total. The van der Waals surface area contributed by atoms with Gasteiger partial charge in [0.05, 0.1) is 25.9 Å². The van der Waals surface area contributed by atoms with Crippen LogP contribution in [0.5, 0.6) is 0 Å². The monoisotopic (exact) mass is 636 g/mol. The third kappa shape index (κ3) is 7.42. The Morgan fingerprint density at radius 1 is 0.935 bits per heavy atom. The number of carbonyl (C=O) groups excluding carboxylic acids is 2. The number of hydrogen-bond acceptors (Lipinski definition) is 5. The fourth-order valence-electron chi connectivity index (χ4n) is 6.09. The number of para-hydroxylation sites is 1. The highest BCUT2D eigenvalue weighted by Gasteiger charge is 2.33. The van der Waals surface area contributed by atoms with Crippen molar-refractivity contribution in [3.8, 4) is 0 Å². The van der Waals surface area contributed by atoms with Crippen LogP contribution in [0.4, 0.5) is 10.5 Å². The number of nitrogens with one attached hydrogen (secondary N) is 4. The first kappa shape index (κ1) is 31.4. The molecule has 4 N–H and O–H groups in total. The van der Waals surface area contributed by atoms with Gasteiger partial charge < -0.3 is 30.4 Å². The lowest BCUT2D eigenvalue weighted by molar-refractivity contribution is -0.118. The summed E-state index contributed by atoms with van der Waals surface area (Å²) in [4.78, 5) is 30.0. The summed E-state index contributed by atoms with van der Waals surface area (Å²) >= 11 is 6.16. The minimum absolute atomic E-state index is 0.0214. The topological polar surface area (TPSA) is 104 Å². The van der Waals surface area contributed by atoms with Crippen LogP contribution in [-0.2, 0) is 20.7 Å². The highest BCUT2D eigenvalue weighted by atomic mass is 35.5. The number of alkyl carbamates (subject to hydrolysis) is 1. The second-order valence-corrected chi connectivity index (χ2v) is 11.9. The number of methoxy groups -OCH3 is 1. The van der Waals surface area contributed by atoms with E-state index < -0.39 is 18.1 Å². The quantitative estimate of drug-likeness (QED) is 0.132. The van der Waals surface area contributed by atoms with Crippen molar-refractivity contribution in [3.05, 3.63) is 137 Å². The lowest BCUT2D eigenvalue weighted by atomic mass is 9.84. The van der Waals surface area contributed by atoms with Crippen molar-refractivity contribution in [2.45, 2.75) is 36.9 Å². The highest BCUT2D eigenvalue weighted by Crippen LogP contribution is 2.30. The van der Waals surface area contributed by atoms with Crippen molar-refractivity contribution >= 4 is 40.2 Å². The van der Waals surface area contributed by atoms with Crippen molar-refractivity contribution < 1.29 is 19.1 Å². The van der Waals surface area contributed by atoms with Crippen LogP contribution in [-0.4, -0.2) is 49.4 Å². The number of anilines is 1. The number of aryl methyl sites for hydroxylation is 1. The molecule has 3 unspecified atom stereocenters. The number of morpholine rings is 1. The van der Waals surface area contributed by atoms with Gasteiger partial charge in [0.1, 0.15) is 6.04 Å². The Labute approximate surface area is 273 Å². The number of hydrogen-bond donors (Lipinski definition) is 4. The maximum Gasteiger partial charge on any atom is 0.407 e. The largest absolute Gasteiger partial charge is 0.453 e. The first-order chi connectivity index (χ1) is 22.5. The first-order valence-electron chi connectivity index (χ1n) is 15.4. The molecule has 0 spiro atoms. The summed E-state index contributed by atoms with van der Waals surface area (Å²) in [5.74, 6) is -0.786. The smallest absolute Gasteiger partial charge is 0.407 e. The molecule has 0 aliphatic carbocycles. The standard InChI is InChI=1S/C37H37ClN4O4/c1-45-37(44)42-35(34(25-11-4-2-5-12-25)26-13-6-3-7-14-26)36(43)41-30-15-9-8-10-24(30)16-18-29-22-39-33(23-46-29)32-21-27-20-28(38)17-19-31(27)40-32/h2-15,17,19-21,29,33-35,39-40H,16,18,22-23H2,1H3,(H,41,43)(H,42,44). The van der Waals surface area contributed by atoms with Gasteiger partial charge in [-0.25, -0.2) is 4.79 Å². The summed E-state index contributed by atoms with van der Waals surface area (Å²) < 4.78 is 11.2. The summed E-state index contributed by atoms with van der Waals surface area (Å²) in [7, 11) is 1.29. The summed E-state index contributed by atoms with van der Waals surface area (Å²) in [6.45, 7) is 1.25. The van der Waals surface area contributed by atoms with Gasteiger partial charge in [-0.15, -0.1) is 0 Å². The minimum Gasteiger partial charge on any atom is -0.453 e. The van der Waals surface area contributed by atoms with E-state index in [0.717, 1.165) is 39.7 Å². The number of ether oxygens (including phenoxy) is 2. The van der Waals surface area contributed by atoms with Crippen LogP contribution in [0.15, 0.2) is 109 Å². The van der Waals surface area contributed by atoms with Crippen molar-refractivity contribution in [1.29, 1.82) is 0 Å². The SMILES string of the molecule is COC(=O)NC(C(=O)Nc1ccccc1CCC1CNC(c2cc3cc(Cl)ccc3[nH]2)CO1)C(c1ccccc1)c1ccccc1. The molecule has 1 fully saturated rings. The zero-order chi connectivity index (χ0) is 31.9. The fourth-order valence-corrected chi connectivity index (χ4v) is 6.27. The van der Waals surface area contributed by atoms with Crippen molar-refractivity contribution in [3.63, 3.8) is 0 Å². The summed E-state index contributed by atoms with van der Waals surface area (Å²) in [6, 6.07) is 34.2. The molecule has 5 aromatic rings. The Balaban J connectivity index is 1.14. The summed E-state index contributed by atoms with van der Waals surface area (Å²) in [6.07, 6.45) is 0.818. The predicted octanol–water partition coefficient (Wildman–Crippen LogP) is 6.98. The molecule has 2 amide bonds. The number of carbonyl (C=O) groups is 2. The Bertz CT molecular complexity index is 1730. The zero-order valence-corrected chi connectivity index (χ0v) is 26.3. The molecule has 4 aromatic carbocycles. The number of aromatic nitrogens is 1. The second-order valence-electron chi connectivity index (χ2n) is 11.5. The van der Waals surface area contributed by atoms with E-state index in [0.29, 0.717) is 30.3 Å². The first-order valence-corrected chi connectivity index (χ1v) is 15.8. The molecular weight excluding hydrogens is 600 g/mol. The van der Waals surface area contributed by atoms with E-state index in [1.807, 2.05) is 103 Å². The molecule has 0 bridgehead atoms. The number of fused-ring (bicyclic) bond motifs is 1. The van der Waals surface area contributed by atoms with Gasteiger partial charge in [-0.1, -0.05) is 90.5 Å². The average Bonchev–Trinajstić information content (AvgIpc) is 3.52. The average molecular weight is 637 g/mol. The van der Waals surface area contributed by atoms with Crippen LogP contribution < -0.4 is 16.0 Å². The Morgan fingerprint density at radius 2 is 1.63 bits per heavy atom. The van der Waals surface area contributed by atoms with Gasteiger partial charge in [0.25, 0.3) is 0 Å². The Hall–Kier alpha value is -4.63. The molecule has 1 aliphatic heterocycles. The van der Waals surface area contributed by atoms with Gasteiger partial charge in [-0.05, 0) is 59.9 Å². The van der Waals surface area contributed by atoms with Crippen LogP contribution in [0.1, 0.15) is 40.8 Å². The third-order valence-electron chi connectivity index (χ3n) is 8.47. The molecule has 9 heteroatoms. The Kier molecular flexibility index (Phi) is 9.98. The fraction of sp³-hybridized carbons (Fsp3) is 0.243. The number of aromatic amines is 1. The zero-order valence-electron chi connectivity index (χ0n) is 25.5. The lowest BCUT2D eigenvalue weighted by Gasteiger charge is -2.30. The maximum atomic E-state index is 14.0. The van der Waals surface area contributed by atoms with Crippen molar-refractivity contribution in [1.82, 2.24) is 15.6 Å². The normalized spacial score (nSPS) is 17.0. The van der Waals surface area contributed by atoms with Crippen LogP contribution in [0.25, 0.3) is 10.9 Å². The minimum atomic E-state index is -0.936. The van der Waals surface area contributed by atoms with E-state index in [1.54, 1.807) is 0 Å². The van der Waals surface area contributed by atoms with Crippen LogP contribution >= 0.6 is 11.6 Å². The summed E-state index contributed by atoms with van der Waals surface area (Å²) in [5.41, 5.74) is 5.60. The van der Waals surface area contributed by atoms with E-state index >= 15 is 0 Å². The van der Waals surface area contributed by atoms with Gasteiger partial charge in [-0.3, -0.25) is 4.79 Å². The molecule has 2 heterocycles. The molecular formula is C37H37ClN4O4. The van der Waals surface area contributed by atoms with Crippen LogP contribution in [0.2, 0.25) is 5.02 Å². The van der Waals surface area contributed by atoms with Gasteiger partial charge in [0, 0.05) is 39.8 Å². The molecule has 0 radical (unpaired) electrons. The molecule has 3 atom stereocenters. The van der Waals surface area contributed by atoms with Gasteiger partial charge in [0.2, 0.25) is 5.91 Å². The van der Waals surface area contributed by atoms with Crippen molar-refractivity contribution in [2.75, 3.05) is 25.6 Å². The number of amides is 2. The van der Waals surface area contributed by atoms with Gasteiger partial charge in [-0.2, -0.15) is 0 Å². The molecule has 46 heavy (non-hydrogen) atoms. The molecule has 236 valence electrons. The second kappa shape index (κ2) is 14.6. The highest BCUT2D eigenvalue weighted by molar-refractivity contribution is 6.31. The number of halogens is 1. The molecule has 1 saturated heterocycles. The van der Waals surface area contributed by atoms with Gasteiger partial charge in [0.15, 0.2) is 0 Å². The molecule has 1 aromatic heterocycles. The lowest BCUT2D eigenvalue weighted by Crippen LogP contribution is -2.48. The Morgan fingerprint density at radius 3 is 2.30 bits per heavy atom. The number of rotatable bonds is 10. The predicted molar refractivity (Wildman–Crippen MR) is 181 cm³/mol. The number of H-pyrrole nitrogens is 1. The van der Waals surface area contributed by atoms with E-state index in [1.165, 1.54) is 7.11 Å². The third-order valence-corrected chi connectivity index (χ3v) is 8.71. The molecule has 0 saturated carbocycles. The van der Waals surface area contributed by atoms with Crippen molar-refractivity contribution in [2.24, 2.45) is 0 Å². The summed E-state index contributed by atoms with van der Waals surface area (Å²) in [5, 5.41) is 11.3. The van der Waals surface area contributed by atoms with E-state index in [2.05, 4.69) is 27.0 Å². The molecule has 1 aliphatic rings. The van der Waals surface area contributed by atoms with Gasteiger partial charge >= 0.3 is 6.09 Å². The maximum absolute atomic E-state index is 14.0. The molecule has 6 rings (SSSR count). The number of benzene rings is 4. The van der Waals surface area contributed by atoms with E-state index in [-0.39, 0.29) is 18.1 Å².